The fourth-order valence-electron chi connectivity index (χ4n) is 7.49. The standard InChI is InChI=1S/C49H32N2O/c1-2-10-33(11-3-1)34-20-22-35(23-21-34)36-24-28-39(29-25-36)51(40-30-26-38(27-31-40)42-16-8-13-37-12-4-5-14-41(37)42)47-18-9-17-46-45(47)32-44-43-15-6-7-19-48(43)52-49(44)50-46/h1-32H. The van der Waals surface area contributed by atoms with Crippen LogP contribution in [-0.4, -0.2) is 4.98 Å². The predicted octanol–water partition coefficient (Wildman–Crippen LogP) is 13.8. The van der Waals surface area contributed by atoms with Gasteiger partial charge in [-0.1, -0.05) is 146 Å². The van der Waals surface area contributed by atoms with Gasteiger partial charge in [-0.3, -0.25) is 0 Å². The summed E-state index contributed by atoms with van der Waals surface area (Å²) in [6.45, 7) is 0. The van der Waals surface area contributed by atoms with Crippen LogP contribution < -0.4 is 4.90 Å². The topological polar surface area (TPSA) is 29.3 Å². The third-order valence-corrected chi connectivity index (χ3v) is 10.1. The van der Waals surface area contributed by atoms with E-state index in [0.717, 1.165) is 44.3 Å². The average molecular weight is 665 g/mol. The van der Waals surface area contributed by atoms with Crippen LogP contribution >= 0.6 is 0 Å². The Morgan fingerprint density at radius 1 is 0.385 bits per heavy atom. The van der Waals surface area contributed by atoms with Crippen molar-refractivity contribution in [2.75, 3.05) is 4.90 Å². The van der Waals surface area contributed by atoms with Crippen LogP contribution in [0, 0.1) is 0 Å². The molecule has 0 spiro atoms. The highest BCUT2D eigenvalue weighted by Gasteiger charge is 2.19. The predicted molar refractivity (Wildman–Crippen MR) is 218 cm³/mol. The van der Waals surface area contributed by atoms with E-state index in [4.69, 9.17) is 9.40 Å². The van der Waals surface area contributed by atoms with Gasteiger partial charge in [0, 0.05) is 27.5 Å². The Labute approximate surface area is 301 Å². The van der Waals surface area contributed by atoms with Crippen LogP contribution in [0.25, 0.3) is 77.1 Å². The second-order valence-corrected chi connectivity index (χ2v) is 13.2. The summed E-state index contributed by atoms with van der Waals surface area (Å²) in [4.78, 5) is 7.36. The first-order valence-corrected chi connectivity index (χ1v) is 17.6. The zero-order valence-electron chi connectivity index (χ0n) is 28.3. The molecule has 0 bridgehead atoms. The van der Waals surface area contributed by atoms with Gasteiger partial charge in [-0.05, 0) is 92.7 Å². The average Bonchev–Trinajstić information content (AvgIpc) is 3.58. The number of para-hydroxylation sites is 1. The molecule has 2 heterocycles. The number of hydrogen-bond donors (Lipinski definition) is 0. The molecule has 0 aliphatic carbocycles. The second-order valence-electron chi connectivity index (χ2n) is 13.2. The molecule has 244 valence electrons. The van der Waals surface area contributed by atoms with E-state index in [1.54, 1.807) is 0 Å². The number of fused-ring (bicyclic) bond motifs is 5. The van der Waals surface area contributed by atoms with Gasteiger partial charge < -0.3 is 9.32 Å². The molecule has 0 amide bonds. The van der Waals surface area contributed by atoms with Crippen molar-refractivity contribution < 1.29 is 4.42 Å². The van der Waals surface area contributed by atoms with Crippen molar-refractivity contribution >= 4 is 60.8 Å². The van der Waals surface area contributed by atoms with E-state index < -0.39 is 0 Å². The van der Waals surface area contributed by atoms with Crippen LogP contribution in [0.5, 0.6) is 0 Å². The summed E-state index contributed by atoms with van der Waals surface area (Å²) < 4.78 is 6.18. The summed E-state index contributed by atoms with van der Waals surface area (Å²) >= 11 is 0. The van der Waals surface area contributed by atoms with Crippen LogP contribution in [-0.2, 0) is 0 Å². The minimum Gasteiger partial charge on any atom is -0.438 e. The maximum Gasteiger partial charge on any atom is 0.227 e. The number of pyridine rings is 1. The molecular formula is C49H32N2O. The molecule has 0 saturated carbocycles. The summed E-state index contributed by atoms with van der Waals surface area (Å²) in [6.07, 6.45) is 0. The van der Waals surface area contributed by atoms with Crippen molar-refractivity contribution in [2.45, 2.75) is 0 Å². The zero-order chi connectivity index (χ0) is 34.4. The summed E-state index contributed by atoms with van der Waals surface area (Å²) in [5, 5.41) is 5.62. The summed E-state index contributed by atoms with van der Waals surface area (Å²) in [7, 11) is 0. The lowest BCUT2D eigenvalue weighted by atomic mass is 9.98. The Morgan fingerprint density at radius 3 is 1.67 bits per heavy atom. The van der Waals surface area contributed by atoms with E-state index in [9.17, 15) is 0 Å². The Kier molecular flexibility index (Phi) is 7.14. The first-order chi connectivity index (χ1) is 25.8. The Balaban J connectivity index is 1.10. The molecule has 52 heavy (non-hydrogen) atoms. The molecular weight excluding hydrogens is 633 g/mol. The molecule has 0 atom stereocenters. The smallest absolute Gasteiger partial charge is 0.227 e. The molecule has 0 radical (unpaired) electrons. The van der Waals surface area contributed by atoms with E-state index in [1.165, 1.54) is 44.2 Å². The van der Waals surface area contributed by atoms with Crippen molar-refractivity contribution in [3.63, 3.8) is 0 Å². The monoisotopic (exact) mass is 664 g/mol. The highest BCUT2D eigenvalue weighted by Crippen LogP contribution is 2.42. The van der Waals surface area contributed by atoms with Crippen LogP contribution in [0.1, 0.15) is 0 Å². The van der Waals surface area contributed by atoms with Crippen molar-refractivity contribution in [3.05, 3.63) is 194 Å². The first kappa shape index (κ1) is 29.9. The van der Waals surface area contributed by atoms with E-state index in [0.29, 0.717) is 5.71 Å². The molecule has 0 fully saturated rings. The van der Waals surface area contributed by atoms with Gasteiger partial charge in [0.15, 0.2) is 0 Å². The van der Waals surface area contributed by atoms with Crippen LogP contribution in [0.2, 0.25) is 0 Å². The third kappa shape index (κ3) is 5.19. The number of hydrogen-bond acceptors (Lipinski definition) is 3. The normalized spacial score (nSPS) is 11.5. The molecule has 10 aromatic rings. The second kappa shape index (κ2) is 12.4. The van der Waals surface area contributed by atoms with E-state index in [-0.39, 0.29) is 0 Å². The first-order valence-electron chi connectivity index (χ1n) is 17.6. The molecule has 0 unspecified atom stereocenters. The quantitative estimate of drug-likeness (QED) is 0.177. The maximum absolute atomic E-state index is 6.18. The van der Waals surface area contributed by atoms with Gasteiger partial charge in [-0.15, -0.1) is 0 Å². The lowest BCUT2D eigenvalue weighted by Gasteiger charge is -2.27. The van der Waals surface area contributed by atoms with E-state index >= 15 is 0 Å². The Bertz CT molecular complexity index is 2870. The zero-order valence-corrected chi connectivity index (χ0v) is 28.3. The van der Waals surface area contributed by atoms with E-state index in [1.807, 2.05) is 18.2 Å². The van der Waals surface area contributed by atoms with E-state index in [2.05, 4.69) is 181 Å². The molecule has 8 aromatic carbocycles. The van der Waals surface area contributed by atoms with Gasteiger partial charge in [-0.2, -0.15) is 0 Å². The van der Waals surface area contributed by atoms with Gasteiger partial charge in [0.1, 0.15) is 5.58 Å². The van der Waals surface area contributed by atoms with Gasteiger partial charge in [0.25, 0.3) is 0 Å². The summed E-state index contributed by atoms with van der Waals surface area (Å²) in [5.41, 5.74) is 12.7. The lowest BCUT2D eigenvalue weighted by Crippen LogP contribution is -2.10. The minimum atomic E-state index is 0.652. The number of anilines is 3. The van der Waals surface area contributed by atoms with Gasteiger partial charge in [0.2, 0.25) is 5.71 Å². The molecule has 0 saturated heterocycles. The molecule has 0 aliphatic heterocycles. The summed E-state index contributed by atoms with van der Waals surface area (Å²) in [5.74, 6) is 0. The fourth-order valence-corrected chi connectivity index (χ4v) is 7.49. The molecule has 2 aromatic heterocycles. The lowest BCUT2D eigenvalue weighted by molar-refractivity contribution is 0.656. The number of nitrogens with zero attached hydrogens (tertiary/aromatic N) is 2. The highest BCUT2D eigenvalue weighted by atomic mass is 16.3. The molecule has 3 nitrogen and oxygen atoms in total. The van der Waals surface area contributed by atoms with Gasteiger partial charge in [-0.25, -0.2) is 4.98 Å². The number of aromatic nitrogens is 1. The summed E-state index contributed by atoms with van der Waals surface area (Å²) in [6, 6.07) is 68.9. The number of rotatable bonds is 6. The Hall–Kier alpha value is -6.97. The minimum absolute atomic E-state index is 0.652. The van der Waals surface area contributed by atoms with Crippen LogP contribution in [0.4, 0.5) is 17.1 Å². The van der Waals surface area contributed by atoms with Gasteiger partial charge in [0.05, 0.1) is 11.2 Å². The molecule has 10 rings (SSSR count). The number of benzene rings is 8. The van der Waals surface area contributed by atoms with Crippen LogP contribution in [0.15, 0.2) is 199 Å². The third-order valence-electron chi connectivity index (χ3n) is 10.1. The van der Waals surface area contributed by atoms with Crippen molar-refractivity contribution in [3.8, 4) is 33.4 Å². The van der Waals surface area contributed by atoms with Crippen molar-refractivity contribution in [1.82, 2.24) is 4.98 Å². The highest BCUT2D eigenvalue weighted by molar-refractivity contribution is 6.10. The van der Waals surface area contributed by atoms with Crippen molar-refractivity contribution in [2.24, 2.45) is 0 Å². The van der Waals surface area contributed by atoms with Crippen molar-refractivity contribution in [1.29, 1.82) is 0 Å². The van der Waals surface area contributed by atoms with Crippen LogP contribution in [0.3, 0.4) is 0 Å². The number of furan rings is 1. The molecule has 0 N–H and O–H groups in total. The molecule has 0 aliphatic rings. The Morgan fingerprint density at radius 2 is 0.942 bits per heavy atom. The fraction of sp³-hybridized carbons (Fsp3) is 0. The van der Waals surface area contributed by atoms with Gasteiger partial charge >= 0.3 is 0 Å². The molecule has 3 heteroatoms. The largest absolute Gasteiger partial charge is 0.438 e. The maximum atomic E-state index is 6.18. The SMILES string of the molecule is c1ccc(-c2ccc(-c3ccc(N(c4ccc(-c5cccc6ccccc56)cc4)c4cccc5nc6oc7ccccc7c6cc45)cc3)cc2)cc1.